The fourth-order valence-corrected chi connectivity index (χ4v) is 2.33. The molecule has 1 aromatic heterocycles. The predicted octanol–water partition coefficient (Wildman–Crippen LogP) is 3.61. The highest BCUT2D eigenvalue weighted by Gasteiger charge is 2.07. The van der Waals surface area contributed by atoms with Gasteiger partial charge in [-0.15, -0.1) is 0 Å². The van der Waals surface area contributed by atoms with E-state index in [-0.39, 0.29) is 5.91 Å². The predicted molar refractivity (Wildman–Crippen MR) is 88.7 cm³/mol. The van der Waals surface area contributed by atoms with Crippen LogP contribution >= 0.6 is 0 Å². The zero-order chi connectivity index (χ0) is 15.5. The van der Waals surface area contributed by atoms with Crippen molar-refractivity contribution < 1.29 is 4.79 Å². The van der Waals surface area contributed by atoms with Crippen molar-refractivity contribution in [2.24, 2.45) is 0 Å². The summed E-state index contributed by atoms with van der Waals surface area (Å²) in [6, 6.07) is 15.3. The van der Waals surface area contributed by atoms with Crippen LogP contribution in [-0.2, 0) is 0 Å². The van der Waals surface area contributed by atoms with Crippen molar-refractivity contribution in [3.63, 3.8) is 0 Å². The second-order valence-corrected chi connectivity index (χ2v) is 5.27. The fraction of sp³-hybridized carbons (Fsp3) is 0.111. The Kier molecular flexibility index (Phi) is 3.74. The molecule has 0 aliphatic heterocycles. The maximum Gasteiger partial charge on any atom is 0.269 e. The minimum atomic E-state index is -0.169. The van der Waals surface area contributed by atoms with E-state index >= 15 is 0 Å². The minimum absolute atomic E-state index is 0.169. The molecule has 0 saturated carbocycles. The van der Waals surface area contributed by atoms with Gasteiger partial charge in [0.25, 0.3) is 5.91 Å². The van der Waals surface area contributed by atoms with E-state index in [1.165, 1.54) is 0 Å². The zero-order valence-electron chi connectivity index (χ0n) is 12.6. The molecule has 1 heterocycles. The molecule has 0 atom stereocenters. The molecule has 0 saturated heterocycles. The highest BCUT2D eigenvalue weighted by atomic mass is 16.2. The molecular weight excluding hydrogens is 274 g/mol. The van der Waals surface area contributed by atoms with Crippen LogP contribution in [0.15, 0.2) is 54.7 Å². The number of nitrogens with zero attached hydrogens (tertiary/aromatic N) is 1. The van der Waals surface area contributed by atoms with E-state index < -0.39 is 0 Å². The summed E-state index contributed by atoms with van der Waals surface area (Å²) >= 11 is 0. The number of rotatable bonds is 3. The fourth-order valence-electron chi connectivity index (χ4n) is 2.33. The van der Waals surface area contributed by atoms with Gasteiger partial charge in [0.05, 0.1) is 11.2 Å². The number of fused-ring (bicyclic) bond motifs is 1. The monoisotopic (exact) mass is 291 g/mol. The number of carbonyl (C=O) groups excluding carboxylic acids is 1. The van der Waals surface area contributed by atoms with E-state index in [0.717, 1.165) is 27.7 Å². The van der Waals surface area contributed by atoms with Gasteiger partial charge in [-0.1, -0.05) is 35.9 Å². The van der Waals surface area contributed by atoms with Gasteiger partial charge in [0, 0.05) is 17.1 Å². The van der Waals surface area contributed by atoms with Gasteiger partial charge in [-0.3, -0.25) is 20.6 Å². The number of para-hydroxylation sites is 1. The van der Waals surface area contributed by atoms with Crippen molar-refractivity contribution in [3.05, 3.63) is 71.4 Å². The summed E-state index contributed by atoms with van der Waals surface area (Å²) in [4.78, 5) is 16.5. The Morgan fingerprint density at radius 3 is 2.55 bits per heavy atom. The normalized spacial score (nSPS) is 10.5. The van der Waals surface area contributed by atoms with Gasteiger partial charge in [0.1, 0.15) is 0 Å². The highest BCUT2D eigenvalue weighted by molar-refractivity contribution is 5.97. The first-order valence-electron chi connectivity index (χ1n) is 7.12. The number of aryl methyl sites for hydroxylation is 2. The molecule has 0 unspecified atom stereocenters. The van der Waals surface area contributed by atoms with Crippen molar-refractivity contribution in [1.29, 1.82) is 0 Å². The number of pyridine rings is 1. The zero-order valence-corrected chi connectivity index (χ0v) is 12.6. The number of carbonyl (C=O) groups is 1. The van der Waals surface area contributed by atoms with Crippen LogP contribution in [0.1, 0.15) is 21.5 Å². The quantitative estimate of drug-likeness (QED) is 0.725. The number of nitrogens with one attached hydrogen (secondary N) is 2. The average Bonchev–Trinajstić information content (AvgIpc) is 2.54. The van der Waals surface area contributed by atoms with Gasteiger partial charge in [0.2, 0.25) is 0 Å². The van der Waals surface area contributed by atoms with Crippen LogP contribution < -0.4 is 10.9 Å². The topological polar surface area (TPSA) is 54.0 Å². The van der Waals surface area contributed by atoms with E-state index in [1.54, 1.807) is 18.3 Å². The van der Waals surface area contributed by atoms with E-state index in [4.69, 9.17) is 0 Å². The molecule has 4 nitrogen and oxygen atoms in total. The molecular formula is C18H17N3O. The Labute approximate surface area is 129 Å². The summed E-state index contributed by atoms with van der Waals surface area (Å²) in [5.41, 5.74) is 10.3. The summed E-state index contributed by atoms with van der Waals surface area (Å²) < 4.78 is 0. The first-order valence-corrected chi connectivity index (χ1v) is 7.12. The molecule has 4 heteroatoms. The number of aromatic nitrogens is 1. The summed E-state index contributed by atoms with van der Waals surface area (Å²) in [7, 11) is 0. The van der Waals surface area contributed by atoms with Crippen LogP contribution in [0.5, 0.6) is 0 Å². The molecule has 0 aliphatic rings. The second kappa shape index (κ2) is 5.85. The molecule has 2 aromatic carbocycles. The number of hydrogen-bond acceptors (Lipinski definition) is 3. The Morgan fingerprint density at radius 1 is 1.00 bits per heavy atom. The standard InChI is InChI=1S/C18H17N3O/c1-12-6-8-14(9-7-12)18(22)21-20-16-10-11-19-17-13(2)4-3-5-15(16)17/h3-11H,1-2H3,(H,19,20)(H,21,22). The van der Waals surface area contributed by atoms with Crippen molar-refractivity contribution >= 4 is 22.5 Å². The Bertz CT molecular complexity index is 825. The van der Waals surface area contributed by atoms with Crippen molar-refractivity contribution in [1.82, 2.24) is 10.4 Å². The third-order valence-electron chi connectivity index (χ3n) is 3.60. The van der Waals surface area contributed by atoms with Gasteiger partial charge < -0.3 is 0 Å². The van der Waals surface area contributed by atoms with E-state index in [2.05, 4.69) is 15.8 Å². The summed E-state index contributed by atoms with van der Waals surface area (Å²) in [5.74, 6) is -0.169. The Balaban J connectivity index is 1.81. The van der Waals surface area contributed by atoms with E-state index in [9.17, 15) is 4.79 Å². The number of hydrazine groups is 1. The van der Waals surface area contributed by atoms with Crippen molar-refractivity contribution in [2.45, 2.75) is 13.8 Å². The maximum atomic E-state index is 12.1. The third kappa shape index (κ3) is 2.76. The molecule has 3 aromatic rings. The molecule has 0 bridgehead atoms. The number of anilines is 1. The number of hydrogen-bond donors (Lipinski definition) is 2. The molecule has 0 spiro atoms. The Morgan fingerprint density at radius 2 is 1.77 bits per heavy atom. The summed E-state index contributed by atoms with van der Waals surface area (Å²) in [6.45, 7) is 4.01. The molecule has 3 rings (SSSR count). The van der Waals surface area contributed by atoms with E-state index in [0.29, 0.717) is 5.56 Å². The maximum absolute atomic E-state index is 12.1. The lowest BCUT2D eigenvalue weighted by atomic mass is 10.1. The smallest absolute Gasteiger partial charge is 0.269 e. The average molecular weight is 291 g/mol. The number of amides is 1. The number of benzene rings is 2. The van der Waals surface area contributed by atoms with Gasteiger partial charge in [-0.05, 0) is 37.6 Å². The molecule has 110 valence electrons. The van der Waals surface area contributed by atoms with Crippen LogP contribution in [0.2, 0.25) is 0 Å². The lowest BCUT2D eigenvalue weighted by molar-refractivity contribution is 0.0962. The van der Waals surface area contributed by atoms with Crippen LogP contribution in [-0.4, -0.2) is 10.9 Å². The van der Waals surface area contributed by atoms with Crippen LogP contribution in [0.3, 0.4) is 0 Å². The molecule has 0 radical (unpaired) electrons. The Hall–Kier alpha value is -2.88. The summed E-state index contributed by atoms with van der Waals surface area (Å²) in [6.07, 6.45) is 1.73. The van der Waals surface area contributed by atoms with Gasteiger partial charge >= 0.3 is 0 Å². The van der Waals surface area contributed by atoms with Crippen LogP contribution in [0.4, 0.5) is 5.69 Å². The second-order valence-electron chi connectivity index (χ2n) is 5.27. The third-order valence-corrected chi connectivity index (χ3v) is 3.60. The molecule has 2 N–H and O–H groups in total. The SMILES string of the molecule is Cc1ccc(C(=O)NNc2ccnc3c(C)cccc23)cc1. The van der Waals surface area contributed by atoms with Crippen molar-refractivity contribution in [2.75, 3.05) is 5.43 Å². The first-order chi connectivity index (χ1) is 10.6. The van der Waals surface area contributed by atoms with Crippen molar-refractivity contribution in [3.8, 4) is 0 Å². The minimum Gasteiger partial charge on any atom is -0.298 e. The van der Waals surface area contributed by atoms with Gasteiger partial charge in [-0.2, -0.15) is 0 Å². The van der Waals surface area contributed by atoms with Gasteiger partial charge in [-0.25, -0.2) is 0 Å². The lowest BCUT2D eigenvalue weighted by Gasteiger charge is -2.11. The lowest BCUT2D eigenvalue weighted by Crippen LogP contribution is -2.29. The summed E-state index contributed by atoms with van der Waals surface area (Å²) in [5, 5.41) is 0.978. The largest absolute Gasteiger partial charge is 0.298 e. The first kappa shape index (κ1) is 14.1. The molecule has 1 amide bonds. The van der Waals surface area contributed by atoms with Gasteiger partial charge in [0.15, 0.2) is 0 Å². The molecule has 22 heavy (non-hydrogen) atoms. The highest BCUT2D eigenvalue weighted by Crippen LogP contribution is 2.23. The molecule has 0 fully saturated rings. The van der Waals surface area contributed by atoms with Crippen LogP contribution in [0, 0.1) is 13.8 Å². The molecule has 0 aliphatic carbocycles. The van der Waals surface area contributed by atoms with Crippen LogP contribution in [0.25, 0.3) is 10.9 Å². The van der Waals surface area contributed by atoms with E-state index in [1.807, 2.05) is 50.2 Å².